The van der Waals surface area contributed by atoms with Crippen LogP contribution in [0.4, 0.5) is 28.4 Å². The third-order valence-corrected chi connectivity index (χ3v) is 6.01. The summed E-state index contributed by atoms with van der Waals surface area (Å²) >= 11 is 5.92. The Morgan fingerprint density at radius 1 is 1.14 bits per heavy atom. The van der Waals surface area contributed by atoms with Crippen molar-refractivity contribution in [1.29, 1.82) is 0 Å². The predicted octanol–water partition coefficient (Wildman–Crippen LogP) is 3.69. The van der Waals surface area contributed by atoms with Crippen LogP contribution in [0.3, 0.4) is 0 Å². The fourth-order valence-electron chi connectivity index (χ4n) is 3.86. The minimum Gasteiger partial charge on any atom is -0.449 e. The van der Waals surface area contributed by atoms with E-state index < -0.39 is 46.5 Å². The second-order valence-corrected chi connectivity index (χ2v) is 8.54. The molecule has 2 heterocycles. The van der Waals surface area contributed by atoms with Gasteiger partial charge in [-0.15, -0.1) is 0 Å². The Kier molecular flexibility index (Phi) is 6.74. The van der Waals surface area contributed by atoms with E-state index in [2.05, 4.69) is 10.1 Å². The molecule has 1 fully saturated rings. The van der Waals surface area contributed by atoms with Crippen molar-refractivity contribution in [2.75, 3.05) is 11.4 Å². The molecule has 2 N–H and O–H groups in total. The molecule has 1 unspecified atom stereocenters. The van der Waals surface area contributed by atoms with Gasteiger partial charge in [-0.1, -0.05) is 23.7 Å². The summed E-state index contributed by atoms with van der Waals surface area (Å²) in [6.07, 6.45) is -5.75. The smallest absolute Gasteiger partial charge is 0.449 e. The second kappa shape index (κ2) is 9.65. The number of hydrogen-bond donors (Lipinski definition) is 2. The monoisotopic (exact) mass is 538 g/mol. The Morgan fingerprint density at radius 3 is 2.35 bits per heavy atom. The number of nitrogens with zero attached hydrogens (tertiary/aromatic N) is 3. The van der Waals surface area contributed by atoms with Gasteiger partial charge in [-0.25, -0.2) is 14.4 Å². The van der Waals surface area contributed by atoms with Gasteiger partial charge in [-0.2, -0.15) is 13.2 Å². The minimum absolute atomic E-state index is 0.0725. The third-order valence-electron chi connectivity index (χ3n) is 5.56. The van der Waals surface area contributed by atoms with E-state index in [9.17, 15) is 32.3 Å². The number of anilines is 1. The lowest BCUT2D eigenvalue weighted by Crippen LogP contribution is -2.40. The zero-order valence-corrected chi connectivity index (χ0v) is 19.7. The zero-order valence-electron chi connectivity index (χ0n) is 19.0. The number of aromatic nitrogens is 2. The molecule has 4 rings (SSSR count). The number of nitrogens with one attached hydrogen (secondary N) is 1. The van der Waals surface area contributed by atoms with Gasteiger partial charge in [0.1, 0.15) is 0 Å². The number of carboxylic acid groups (broad SMARTS) is 1. The average molecular weight is 539 g/mol. The molecule has 0 saturated carbocycles. The molecule has 0 radical (unpaired) electrons. The van der Waals surface area contributed by atoms with E-state index in [4.69, 9.17) is 16.7 Å². The number of rotatable bonds is 5. The van der Waals surface area contributed by atoms with E-state index >= 15 is 0 Å². The topological polar surface area (TPSA) is 123 Å². The van der Waals surface area contributed by atoms with E-state index in [0.29, 0.717) is 16.8 Å². The number of amides is 2. The summed E-state index contributed by atoms with van der Waals surface area (Å²) in [4.78, 5) is 50.8. The molecule has 0 spiro atoms. The number of benzene rings is 2. The van der Waals surface area contributed by atoms with Gasteiger partial charge in [0, 0.05) is 18.3 Å². The van der Waals surface area contributed by atoms with Crippen LogP contribution in [0.15, 0.2) is 58.3 Å². The summed E-state index contributed by atoms with van der Waals surface area (Å²) in [5.74, 6) is -0.757. The number of ether oxygens (including phenoxy) is 1. The second-order valence-electron chi connectivity index (χ2n) is 8.16. The SMILES string of the molecule is CC1CN(c2ccc(-n3cc(OC(=O)O)c(=O)n(Cc4cccc(C(F)(F)F)c4Cl)c3=O)cc2)C(=O)N1. The molecule has 37 heavy (non-hydrogen) atoms. The molecule has 14 heteroatoms. The molecule has 0 bridgehead atoms. The number of carbonyl (C=O) groups excluding carboxylic acids is 1. The summed E-state index contributed by atoms with van der Waals surface area (Å²) in [7, 11) is 0. The maximum absolute atomic E-state index is 13.3. The van der Waals surface area contributed by atoms with Gasteiger partial charge < -0.3 is 15.2 Å². The molecular formula is C23H18ClF3N4O6. The average Bonchev–Trinajstić information content (AvgIpc) is 3.16. The molecule has 1 atom stereocenters. The standard InChI is InChI=1S/C23H18ClF3N4O6/c1-12-9-29(20(33)28-12)14-5-7-15(8-6-14)30-11-17(37-22(35)36)19(32)31(21(30)34)10-13-3-2-4-16(18(13)24)23(25,26)27/h2-8,11-12H,9-10H2,1H3,(H,28,33)(H,35,36). The highest BCUT2D eigenvalue weighted by atomic mass is 35.5. The van der Waals surface area contributed by atoms with E-state index in [1.54, 1.807) is 0 Å². The number of halogens is 4. The molecule has 194 valence electrons. The van der Waals surface area contributed by atoms with Crippen molar-refractivity contribution in [3.05, 3.63) is 85.6 Å². The van der Waals surface area contributed by atoms with Crippen molar-refractivity contribution < 1.29 is 32.6 Å². The van der Waals surface area contributed by atoms with Crippen molar-refractivity contribution in [2.24, 2.45) is 0 Å². The Morgan fingerprint density at radius 2 is 1.78 bits per heavy atom. The molecule has 1 saturated heterocycles. The molecular weight excluding hydrogens is 521 g/mol. The minimum atomic E-state index is -4.78. The quantitative estimate of drug-likeness (QED) is 0.478. The van der Waals surface area contributed by atoms with Crippen molar-refractivity contribution in [2.45, 2.75) is 25.7 Å². The lowest BCUT2D eigenvalue weighted by Gasteiger charge is -2.17. The maximum atomic E-state index is 13.3. The first-order valence-electron chi connectivity index (χ1n) is 10.7. The first kappa shape index (κ1) is 25.8. The van der Waals surface area contributed by atoms with Crippen LogP contribution in [0.25, 0.3) is 5.69 Å². The van der Waals surface area contributed by atoms with E-state index in [-0.39, 0.29) is 23.3 Å². The van der Waals surface area contributed by atoms with Crippen molar-refractivity contribution in [1.82, 2.24) is 14.5 Å². The van der Waals surface area contributed by atoms with Crippen LogP contribution in [-0.4, -0.2) is 39.0 Å². The molecule has 10 nitrogen and oxygen atoms in total. The summed E-state index contributed by atoms with van der Waals surface area (Å²) in [5, 5.41) is 11.1. The Bertz CT molecular complexity index is 1500. The zero-order chi connectivity index (χ0) is 27.1. The van der Waals surface area contributed by atoms with Crippen molar-refractivity contribution in [3.8, 4) is 11.4 Å². The molecule has 1 aliphatic rings. The molecule has 2 aromatic carbocycles. The summed E-state index contributed by atoms with van der Waals surface area (Å²) in [5.41, 5.74) is -2.84. The van der Waals surface area contributed by atoms with E-state index in [1.807, 2.05) is 6.92 Å². The lowest BCUT2D eigenvalue weighted by atomic mass is 10.1. The fraction of sp³-hybridized carbons (Fsp3) is 0.217. The summed E-state index contributed by atoms with van der Waals surface area (Å²) in [6, 6.07) is 8.62. The van der Waals surface area contributed by atoms with Gasteiger partial charge >= 0.3 is 24.1 Å². The molecule has 1 aromatic heterocycles. The van der Waals surface area contributed by atoms with Crippen LogP contribution in [0.5, 0.6) is 5.75 Å². The van der Waals surface area contributed by atoms with Crippen LogP contribution in [0, 0.1) is 0 Å². The largest absolute Gasteiger partial charge is 0.511 e. The summed E-state index contributed by atoms with van der Waals surface area (Å²) < 4.78 is 45.8. The molecule has 3 aromatic rings. The molecule has 2 amide bonds. The highest BCUT2D eigenvalue weighted by molar-refractivity contribution is 6.32. The summed E-state index contributed by atoms with van der Waals surface area (Å²) in [6.45, 7) is 1.55. The van der Waals surface area contributed by atoms with Gasteiger partial charge in [-0.3, -0.25) is 18.8 Å². The highest BCUT2D eigenvalue weighted by Gasteiger charge is 2.34. The van der Waals surface area contributed by atoms with Crippen LogP contribution in [0.2, 0.25) is 5.02 Å². The van der Waals surface area contributed by atoms with Crippen LogP contribution >= 0.6 is 11.6 Å². The van der Waals surface area contributed by atoms with Gasteiger partial charge in [0.15, 0.2) is 0 Å². The normalized spacial score (nSPS) is 15.5. The Balaban J connectivity index is 1.80. The fourth-order valence-corrected chi connectivity index (χ4v) is 4.16. The number of alkyl halides is 3. The Hall–Kier alpha value is -4.26. The molecule has 0 aliphatic carbocycles. The van der Waals surface area contributed by atoms with Crippen molar-refractivity contribution in [3.63, 3.8) is 0 Å². The maximum Gasteiger partial charge on any atom is 0.511 e. The van der Waals surface area contributed by atoms with Gasteiger partial charge in [0.2, 0.25) is 5.75 Å². The first-order chi connectivity index (χ1) is 17.4. The first-order valence-corrected chi connectivity index (χ1v) is 11.0. The van der Waals surface area contributed by atoms with Crippen LogP contribution in [-0.2, 0) is 12.7 Å². The van der Waals surface area contributed by atoms with E-state index in [0.717, 1.165) is 22.9 Å². The highest BCUT2D eigenvalue weighted by Crippen LogP contribution is 2.36. The number of hydrogen-bond acceptors (Lipinski definition) is 5. The number of carbonyl (C=O) groups is 2. The predicted molar refractivity (Wildman–Crippen MR) is 126 cm³/mol. The van der Waals surface area contributed by atoms with Gasteiger partial charge in [0.05, 0.1) is 29.0 Å². The molecule has 1 aliphatic heterocycles. The van der Waals surface area contributed by atoms with Crippen molar-refractivity contribution >= 4 is 29.5 Å². The van der Waals surface area contributed by atoms with Crippen LogP contribution < -0.4 is 26.2 Å². The van der Waals surface area contributed by atoms with Gasteiger partial charge in [-0.05, 0) is 42.8 Å². The van der Waals surface area contributed by atoms with E-state index in [1.165, 1.54) is 35.2 Å². The number of urea groups is 1. The lowest BCUT2D eigenvalue weighted by molar-refractivity contribution is -0.137. The Labute approximate surface area is 211 Å². The van der Waals surface area contributed by atoms with Crippen LogP contribution in [0.1, 0.15) is 18.1 Å². The van der Waals surface area contributed by atoms with Gasteiger partial charge in [0.25, 0.3) is 5.56 Å². The third kappa shape index (κ3) is 5.16.